The average molecular weight is 381 g/mol. The van der Waals surface area contributed by atoms with Crippen LogP contribution in [0.2, 0.25) is 0 Å². The topological polar surface area (TPSA) is 106 Å². The van der Waals surface area contributed by atoms with Crippen LogP contribution < -0.4 is 5.73 Å². The number of amidine groups is 1. The third-order valence-electron chi connectivity index (χ3n) is 5.07. The molecule has 3 N–H and O–H groups in total. The minimum Gasteiger partial charge on any atom is -0.448 e. The van der Waals surface area contributed by atoms with Crippen LogP contribution >= 0.6 is 0 Å². The summed E-state index contributed by atoms with van der Waals surface area (Å²) < 4.78 is 5.49. The van der Waals surface area contributed by atoms with E-state index in [4.69, 9.17) is 10.5 Å². The summed E-state index contributed by atoms with van der Waals surface area (Å²) in [5.74, 6) is 0.382. The van der Waals surface area contributed by atoms with Gasteiger partial charge in [0.1, 0.15) is 12.4 Å². The van der Waals surface area contributed by atoms with E-state index >= 15 is 0 Å². The highest BCUT2D eigenvalue weighted by molar-refractivity contribution is 6.05. The van der Waals surface area contributed by atoms with E-state index in [1.54, 1.807) is 26.2 Å². The minimum atomic E-state index is -1.28. The van der Waals surface area contributed by atoms with Crippen LogP contribution in [0.1, 0.15) is 40.2 Å². The number of aromatic nitrogens is 2. The summed E-state index contributed by atoms with van der Waals surface area (Å²) in [7, 11) is 0. The van der Waals surface area contributed by atoms with E-state index in [-0.39, 0.29) is 17.3 Å². The van der Waals surface area contributed by atoms with Gasteiger partial charge in [-0.15, -0.1) is 0 Å². The first kappa shape index (κ1) is 19.9. The second kappa shape index (κ2) is 7.31. The molecule has 148 valence electrons. The molecule has 0 saturated heterocycles. The summed E-state index contributed by atoms with van der Waals surface area (Å²) in [5.41, 5.74) is 8.20. The fraction of sp³-hybridized carbons (Fsp3) is 0.429. The Morgan fingerprint density at radius 2 is 1.64 bits per heavy atom. The molecule has 0 amide bonds. The Kier molecular flexibility index (Phi) is 5.21. The molecule has 2 aromatic rings. The fourth-order valence-electron chi connectivity index (χ4n) is 3.17. The van der Waals surface area contributed by atoms with Crippen LogP contribution in [0.25, 0.3) is 11.1 Å². The second-order valence-corrected chi connectivity index (χ2v) is 7.96. The Morgan fingerprint density at radius 3 is 2.18 bits per heavy atom. The van der Waals surface area contributed by atoms with Crippen LogP contribution in [0.3, 0.4) is 0 Å². The van der Waals surface area contributed by atoms with Crippen molar-refractivity contribution in [2.24, 2.45) is 15.9 Å². The first-order chi connectivity index (χ1) is 13.1. The highest BCUT2D eigenvalue weighted by Crippen LogP contribution is 2.36. The van der Waals surface area contributed by atoms with Crippen molar-refractivity contribution < 1.29 is 9.84 Å². The second-order valence-electron chi connectivity index (χ2n) is 7.96. The first-order valence-corrected chi connectivity index (χ1v) is 9.32. The molecule has 1 aromatic heterocycles. The summed E-state index contributed by atoms with van der Waals surface area (Å²) in [4.78, 5) is 17.3. The van der Waals surface area contributed by atoms with Gasteiger partial charge in [-0.2, -0.15) is 4.99 Å². The van der Waals surface area contributed by atoms with Crippen molar-refractivity contribution in [3.8, 4) is 11.1 Å². The van der Waals surface area contributed by atoms with Crippen molar-refractivity contribution in [3.05, 3.63) is 42.2 Å². The molecule has 0 aliphatic carbocycles. The predicted molar refractivity (Wildman–Crippen MR) is 111 cm³/mol. The molecule has 0 bridgehead atoms. The molecule has 3 rings (SSSR count). The number of aliphatic hydroxyl groups is 1. The lowest BCUT2D eigenvalue weighted by Gasteiger charge is -2.33. The van der Waals surface area contributed by atoms with Gasteiger partial charge in [0.15, 0.2) is 0 Å². The molecule has 1 aliphatic rings. The van der Waals surface area contributed by atoms with Crippen molar-refractivity contribution in [2.45, 2.75) is 45.8 Å². The van der Waals surface area contributed by atoms with E-state index < -0.39 is 5.79 Å². The van der Waals surface area contributed by atoms with Crippen LogP contribution in [0.5, 0.6) is 0 Å². The average Bonchev–Trinajstić information content (AvgIpc) is 3.08. The zero-order valence-electron chi connectivity index (χ0n) is 17.0. The third kappa shape index (κ3) is 4.04. The van der Waals surface area contributed by atoms with Crippen molar-refractivity contribution in [3.63, 3.8) is 0 Å². The fourth-order valence-corrected chi connectivity index (χ4v) is 3.17. The normalized spacial score (nSPS) is 16.5. The maximum absolute atomic E-state index is 9.88. The summed E-state index contributed by atoms with van der Waals surface area (Å²) in [6.45, 7) is 9.92. The Morgan fingerprint density at radius 1 is 1.04 bits per heavy atom. The van der Waals surface area contributed by atoms with Gasteiger partial charge in [-0.3, -0.25) is 4.99 Å². The number of ether oxygens (including phenoxy) is 1. The standard InChI is InChI=1S/C21H27N5O2/c1-13(2)21(5,18-23-12-17(26-18)28-20(3,4)27)16-8-6-14(7-9-16)15-10-24-19(22)25-11-15/h6-11,13,27H,12H2,1-5H3,(H2,22,24,25). The molecule has 0 fully saturated rings. The van der Waals surface area contributed by atoms with Gasteiger partial charge in [-0.1, -0.05) is 38.1 Å². The van der Waals surface area contributed by atoms with Crippen molar-refractivity contribution in [1.29, 1.82) is 0 Å². The Balaban J connectivity index is 1.91. The highest BCUT2D eigenvalue weighted by Gasteiger charge is 2.38. The van der Waals surface area contributed by atoms with Crippen LogP contribution in [-0.4, -0.2) is 39.1 Å². The number of aliphatic imine (C=N–C) groups is 2. The van der Waals surface area contributed by atoms with Crippen molar-refractivity contribution in [2.75, 3.05) is 12.3 Å². The molecule has 1 unspecified atom stereocenters. The number of benzene rings is 1. The van der Waals surface area contributed by atoms with Crippen molar-refractivity contribution >= 4 is 17.7 Å². The van der Waals surface area contributed by atoms with Crippen LogP contribution in [0.15, 0.2) is 46.6 Å². The quantitative estimate of drug-likeness (QED) is 0.774. The van der Waals surface area contributed by atoms with Crippen molar-refractivity contribution in [1.82, 2.24) is 9.97 Å². The molecule has 1 atom stereocenters. The van der Waals surface area contributed by atoms with E-state index in [1.165, 1.54) is 0 Å². The molecule has 1 aliphatic heterocycles. The molecule has 0 radical (unpaired) electrons. The Hall–Kier alpha value is -2.80. The van der Waals surface area contributed by atoms with E-state index in [2.05, 4.69) is 52.9 Å². The first-order valence-electron chi connectivity index (χ1n) is 9.32. The highest BCUT2D eigenvalue weighted by atomic mass is 16.6. The lowest BCUT2D eigenvalue weighted by atomic mass is 9.72. The molecule has 1 aromatic carbocycles. The minimum absolute atomic E-state index is 0.252. The van der Waals surface area contributed by atoms with E-state index in [1.807, 2.05) is 12.1 Å². The number of nitrogens with two attached hydrogens (primary N) is 1. The third-order valence-corrected chi connectivity index (χ3v) is 5.07. The number of anilines is 1. The van der Waals surface area contributed by atoms with E-state index in [9.17, 15) is 5.11 Å². The van der Waals surface area contributed by atoms with Gasteiger partial charge in [0.2, 0.25) is 17.6 Å². The maximum atomic E-state index is 9.88. The molecular formula is C21H27N5O2. The smallest absolute Gasteiger partial charge is 0.219 e. The van der Waals surface area contributed by atoms with E-state index in [0.29, 0.717) is 18.3 Å². The molecule has 7 nitrogen and oxygen atoms in total. The monoisotopic (exact) mass is 381 g/mol. The lowest BCUT2D eigenvalue weighted by Crippen LogP contribution is -2.36. The molecule has 0 spiro atoms. The largest absolute Gasteiger partial charge is 0.448 e. The Bertz CT molecular complexity index is 896. The van der Waals surface area contributed by atoms with Gasteiger partial charge >= 0.3 is 0 Å². The molecule has 0 saturated carbocycles. The molecule has 7 heteroatoms. The van der Waals surface area contributed by atoms with Gasteiger partial charge in [-0.25, -0.2) is 9.97 Å². The van der Waals surface area contributed by atoms with Gasteiger partial charge in [0, 0.05) is 31.8 Å². The predicted octanol–water partition coefficient (Wildman–Crippen LogP) is 3.20. The molecule has 2 heterocycles. The van der Waals surface area contributed by atoms with Crippen LogP contribution in [0.4, 0.5) is 5.95 Å². The maximum Gasteiger partial charge on any atom is 0.219 e. The number of hydrogen-bond donors (Lipinski definition) is 2. The Labute approximate surface area is 165 Å². The zero-order chi connectivity index (χ0) is 20.5. The van der Waals surface area contributed by atoms with Crippen LogP contribution in [0, 0.1) is 5.92 Å². The lowest BCUT2D eigenvalue weighted by molar-refractivity contribution is -0.115. The number of nitrogen functional groups attached to an aromatic ring is 1. The van der Waals surface area contributed by atoms with Gasteiger partial charge < -0.3 is 15.6 Å². The summed E-state index contributed by atoms with van der Waals surface area (Å²) in [5, 5.41) is 9.88. The van der Waals surface area contributed by atoms with Gasteiger partial charge in [0.05, 0.1) is 5.41 Å². The number of hydrogen-bond acceptors (Lipinski definition) is 7. The van der Waals surface area contributed by atoms with E-state index in [0.717, 1.165) is 16.7 Å². The van der Waals surface area contributed by atoms with Gasteiger partial charge in [0.25, 0.3) is 0 Å². The van der Waals surface area contributed by atoms with Gasteiger partial charge in [-0.05, 0) is 24.0 Å². The summed E-state index contributed by atoms with van der Waals surface area (Å²) in [6.07, 6.45) is 3.43. The molecular weight excluding hydrogens is 354 g/mol. The number of nitrogens with zero attached hydrogens (tertiary/aromatic N) is 4. The molecule has 28 heavy (non-hydrogen) atoms. The summed E-state index contributed by atoms with van der Waals surface area (Å²) in [6, 6.07) is 8.24. The number of rotatable bonds is 5. The summed E-state index contributed by atoms with van der Waals surface area (Å²) >= 11 is 0. The van der Waals surface area contributed by atoms with Crippen LogP contribution in [-0.2, 0) is 10.2 Å². The zero-order valence-corrected chi connectivity index (χ0v) is 17.0. The SMILES string of the molecule is CC(C)C(C)(C1=NCC(OC(C)(C)O)=N1)c1ccc(-c2cnc(N)nc2)cc1.